The number of nitrogens with zero attached hydrogens (tertiary/aromatic N) is 1. The Hall–Kier alpha value is -3.59. The summed E-state index contributed by atoms with van der Waals surface area (Å²) in [6.45, 7) is 0.774. The molecule has 0 N–H and O–H groups in total. The molecule has 204 valence electrons. The number of imide groups is 1. The van der Waals surface area contributed by atoms with Crippen LogP contribution in [0.15, 0.2) is 111 Å². The van der Waals surface area contributed by atoms with Gasteiger partial charge in [-0.25, -0.2) is 0 Å². The van der Waals surface area contributed by atoms with E-state index in [0.717, 1.165) is 59.1 Å². The van der Waals surface area contributed by atoms with E-state index in [0.29, 0.717) is 17.3 Å². The summed E-state index contributed by atoms with van der Waals surface area (Å²) < 4.78 is 13.6. The Morgan fingerprint density at radius 1 is 0.756 bits per heavy atom. The second-order valence-electron chi connectivity index (χ2n) is 9.40. The van der Waals surface area contributed by atoms with Crippen LogP contribution in [-0.2, 0) is 11.4 Å². The Kier molecular flexibility index (Phi) is 8.14. The summed E-state index contributed by atoms with van der Waals surface area (Å²) >= 11 is 8.16. The van der Waals surface area contributed by atoms with Crippen LogP contribution in [-0.4, -0.2) is 29.2 Å². The first-order valence-corrected chi connectivity index (χ1v) is 15.3. The third kappa shape index (κ3) is 5.91. The largest absolute Gasteiger partial charge is 0.491 e. The van der Waals surface area contributed by atoms with Gasteiger partial charge in [-0.15, -0.1) is 0 Å². The average molecular weight is 689 g/mol. The number of rotatable bonds is 8. The van der Waals surface area contributed by atoms with Gasteiger partial charge in [0, 0.05) is 5.39 Å². The summed E-state index contributed by atoms with van der Waals surface area (Å²) in [5.74, 6) is 1.06. The number of thioether (sulfide) groups is 1. The van der Waals surface area contributed by atoms with Crippen molar-refractivity contribution in [1.82, 2.24) is 4.90 Å². The van der Waals surface area contributed by atoms with Gasteiger partial charge in [-0.2, -0.15) is 0 Å². The minimum absolute atomic E-state index is 0.166. The van der Waals surface area contributed by atoms with E-state index in [2.05, 4.69) is 56.1 Å². The number of ether oxygens (including phenoxy) is 2. The van der Waals surface area contributed by atoms with Crippen molar-refractivity contribution in [1.29, 1.82) is 0 Å². The highest BCUT2D eigenvalue weighted by Gasteiger charge is 2.35. The van der Waals surface area contributed by atoms with Gasteiger partial charge in [-0.05, 0) is 95.2 Å². The molecule has 5 aromatic carbocycles. The molecule has 0 atom stereocenters. The summed E-state index contributed by atoms with van der Waals surface area (Å²) in [5.41, 5.74) is 1.85. The molecule has 0 unspecified atom stereocenters. The second kappa shape index (κ2) is 12.1. The highest BCUT2D eigenvalue weighted by molar-refractivity contribution is 9.11. The molecular weight excluding hydrogens is 666 g/mol. The lowest BCUT2D eigenvalue weighted by atomic mass is 10.1. The Bertz CT molecular complexity index is 1800. The Balaban J connectivity index is 1.12. The van der Waals surface area contributed by atoms with Crippen LogP contribution in [0.2, 0.25) is 0 Å². The van der Waals surface area contributed by atoms with E-state index in [1.165, 1.54) is 4.90 Å². The fraction of sp³-hybridized carbons (Fsp3) is 0.0909. The number of halogens is 2. The maximum Gasteiger partial charge on any atom is 0.293 e. The molecule has 1 heterocycles. The summed E-state index contributed by atoms with van der Waals surface area (Å²) in [6, 6.07) is 31.9. The van der Waals surface area contributed by atoms with Crippen molar-refractivity contribution in [2.45, 2.75) is 6.61 Å². The first-order valence-electron chi connectivity index (χ1n) is 12.9. The molecule has 6 rings (SSSR count). The fourth-order valence-corrected chi connectivity index (χ4v) is 7.10. The topological polar surface area (TPSA) is 55.8 Å². The van der Waals surface area contributed by atoms with Crippen molar-refractivity contribution in [3.8, 4) is 11.5 Å². The van der Waals surface area contributed by atoms with Gasteiger partial charge in [0.1, 0.15) is 24.7 Å². The zero-order chi connectivity index (χ0) is 28.3. The van der Waals surface area contributed by atoms with E-state index in [1.54, 1.807) is 6.08 Å². The third-order valence-corrected chi connectivity index (χ3v) is 8.85. The Morgan fingerprint density at radius 3 is 2.15 bits per heavy atom. The number of amides is 2. The van der Waals surface area contributed by atoms with Gasteiger partial charge in [-0.1, -0.05) is 78.9 Å². The molecule has 0 aliphatic carbocycles. The molecule has 0 bridgehead atoms. The van der Waals surface area contributed by atoms with Crippen LogP contribution in [0, 0.1) is 0 Å². The van der Waals surface area contributed by atoms with Crippen LogP contribution in [0.3, 0.4) is 0 Å². The molecule has 2 amide bonds. The van der Waals surface area contributed by atoms with Crippen LogP contribution in [0.1, 0.15) is 11.1 Å². The number of carbonyl (C=O) groups excluding carboxylic acids is 2. The average Bonchev–Trinajstić information content (AvgIpc) is 3.24. The Labute approximate surface area is 258 Å². The number of fused-ring (bicyclic) bond motifs is 2. The monoisotopic (exact) mass is 687 g/mol. The standard InChI is InChI=1S/C33H23Br2NO4S/c34-27-17-21(18-28(35)31(27)40-20-24-11-5-9-22-7-1-3-12-25(22)24)19-30-32(37)36(33(38)41-30)15-16-39-29-14-6-10-23-8-2-4-13-26(23)29/h1-14,17-19H,15-16,20H2/b30-19-. The van der Waals surface area contributed by atoms with E-state index in [4.69, 9.17) is 9.47 Å². The highest BCUT2D eigenvalue weighted by Crippen LogP contribution is 2.38. The summed E-state index contributed by atoms with van der Waals surface area (Å²) in [5, 5.41) is 4.07. The lowest BCUT2D eigenvalue weighted by Crippen LogP contribution is -2.32. The van der Waals surface area contributed by atoms with Gasteiger partial charge in [0.15, 0.2) is 0 Å². The lowest BCUT2D eigenvalue weighted by molar-refractivity contribution is -0.123. The van der Waals surface area contributed by atoms with Gasteiger partial charge in [0.05, 0.1) is 20.4 Å². The van der Waals surface area contributed by atoms with Crippen molar-refractivity contribution in [2.75, 3.05) is 13.2 Å². The predicted octanol–water partition coefficient (Wildman–Crippen LogP) is 9.21. The van der Waals surface area contributed by atoms with E-state index in [1.807, 2.05) is 72.8 Å². The summed E-state index contributed by atoms with van der Waals surface area (Å²) in [7, 11) is 0. The number of hydrogen-bond acceptors (Lipinski definition) is 5. The maximum absolute atomic E-state index is 13.1. The predicted molar refractivity (Wildman–Crippen MR) is 172 cm³/mol. The lowest BCUT2D eigenvalue weighted by Gasteiger charge is -2.14. The minimum atomic E-state index is -0.329. The van der Waals surface area contributed by atoms with Crippen molar-refractivity contribution in [3.05, 3.63) is 122 Å². The smallest absolute Gasteiger partial charge is 0.293 e. The molecule has 8 heteroatoms. The molecule has 1 fully saturated rings. The van der Waals surface area contributed by atoms with E-state index >= 15 is 0 Å². The summed E-state index contributed by atoms with van der Waals surface area (Å²) in [4.78, 5) is 27.4. The zero-order valence-corrected chi connectivity index (χ0v) is 25.7. The van der Waals surface area contributed by atoms with Crippen molar-refractivity contribution < 1.29 is 19.1 Å². The second-order valence-corrected chi connectivity index (χ2v) is 12.1. The molecule has 0 radical (unpaired) electrons. The van der Waals surface area contributed by atoms with E-state index in [-0.39, 0.29) is 24.3 Å². The molecule has 1 aliphatic heterocycles. The van der Waals surface area contributed by atoms with E-state index in [9.17, 15) is 9.59 Å². The van der Waals surface area contributed by atoms with Crippen LogP contribution in [0.4, 0.5) is 4.79 Å². The normalized spacial score (nSPS) is 14.4. The van der Waals surface area contributed by atoms with Gasteiger partial charge < -0.3 is 9.47 Å². The van der Waals surface area contributed by atoms with Crippen LogP contribution >= 0.6 is 43.6 Å². The summed E-state index contributed by atoms with van der Waals surface area (Å²) in [6.07, 6.45) is 1.72. The van der Waals surface area contributed by atoms with Crippen LogP contribution in [0.25, 0.3) is 27.6 Å². The molecule has 1 saturated heterocycles. The molecule has 0 aromatic heterocycles. The molecule has 0 saturated carbocycles. The molecule has 0 spiro atoms. The third-order valence-electron chi connectivity index (χ3n) is 6.77. The molecular formula is C33H23Br2NO4S. The van der Waals surface area contributed by atoms with Crippen LogP contribution in [0.5, 0.6) is 11.5 Å². The SMILES string of the molecule is O=C1S/C(=C\c2cc(Br)c(OCc3cccc4ccccc34)c(Br)c2)C(=O)N1CCOc1cccc2ccccc12. The molecule has 5 aromatic rings. The first-order chi connectivity index (χ1) is 20.0. The van der Waals surface area contributed by atoms with E-state index < -0.39 is 0 Å². The van der Waals surface area contributed by atoms with Gasteiger partial charge in [-0.3, -0.25) is 14.5 Å². The number of hydrogen-bond donors (Lipinski definition) is 0. The van der Waals surface area contributed by atoms with Gasteiger partial charge in [0.25, 0.3) is 11.1 Å². The molecule has 5 nitrogen and oxygen atoms in total. The zero-order valence-electron chi connectivity index (χ0n) is 21.7. The van der Waals surface area contributed by atoms with Gasteiger partial charge >= 0.3 is 0 Å². The van der Waals surface area contributed by atoms with Gasteiger partial charge in [0.2, 0.25) is 0 Å². The molecule has 1 aliphatic rings. The quantitative estimate of drug-likeness (QED) is 0.152. The minimum Gasteiger partial charge on any atom is -0.491 e. The maximum atomic E-state index is 13.1. The fourth-order valence-electron chi connectivity index (χ4n) is 4.78. The van der Waals surface area contributed by atoms with Crippen molar-refractivity contribution in [2.24, 2.45) is 0 Å². The van der Waals surface area contributed by atoms with Crippen molar-refractivity contribution in [3.63, 3.8) is 0 Å². The molecule has 41 heavy (non-hydrogen) atoms. The number of benzene rings is 5. The first kappa shape index (κ1) is 27.6. The highest BCUT2D eigenvalue weighted by atomic mass is 79.9. The number of carbonyl (C=O) groups is 2. The Morgan fingerprint density at radius 2 is 1.39 bits per heavy atom. The van der Waals surface area contributed by atoms with Crippen molar-refractivity contribution >= 4 is 82.4 Å². The van der Waals surface area contributed by atoms with Crippen LogP contribution < -0.4 is 9.47 Å².